The number of benzene rings is 1. The van der Waals surface area contributed by atoms with Crippen LogP contribution < -0.4 is 5.32 Å². The van der Waals surface area contributed by atoms with E-state index < -0.39 is 23.7 Å². The smallest absolute Gasteiger partial charge is 0.435 e. The third-order valence-corrected chi connectivity index (χ3v) is 4.82. The van der Waals surface area contributed by atoms with Gasteiger partial charge in [0.1, 0.15) is 5.82 Å². The Labute approximate surface area is 199 Å². The van der Waals surface area contributed by atoms with Gasteiger partial charge < -0.3 is 10.4 Å². The quantitative estimate of drug-likeness (QED) is 0.268. The highest BCUT2D eigenvalue weighted by Gasteiger charge is 2.34. The molecule has 178 valence electrons. The van der Waals surface area contributed by atoms with Crippen molar-refractivity contribution in [2.75, 3.05) is 5.32 Å². The van der Waals surface area contributed by atoms with Crippen LogP contribution in [0.3, 0.4) is 0 Å². The molecule has 4 aromatic rings. The summed E-state index contributed by atoms with van der Waals surface area (Å²) in [5.74, 6) is -1.83. The Hall–Kier alpha value is -4.32. The van der Waals surface area contributed by atoms with Gasteiger partial charge >= 0.3 is 12.1 Å². The van der Waals surface area contributed by atoms with Gasteiger partial charge in [0.2, 0.25) is 5.95 Å². The third kappa shape index (κ3) is 5.61. The molecule has 0 atom stereocenters. The first-order valence-corrected chi connectivity index (χ1v) is 10.1. The lowest BCUT2D eigenvalue weighted by Crippen LogP contribution is -2.10. The van der Waals surface area contributed by atoms with Crippen molar-refractivity contribution in [3.05, 3.63) is 83.3 Å². The maximum absolute atomic E-state index is 13.5. The van der Waals surface area contributed by atoms with E-state index >= 15 is 0 Å². The molecule has 0 amide bonds. The van der Waals surface area contributed by atoms with Crippen molar-refractivity contribution in [2.45, 2.75) is 6.18 Å². The number of rotatable bonds is 6. The van der Waals surface area contributed by atoms with Crippen molar-refractivity contribution in [1.82, 2.24) is 24.7 Å². The van der Waals surface area contributed by atoms with Crippen molar-refractivity contribution in [3.8, 4) is 16.9 Å². The largest absolute Gasteiger partial charge is 0.478 e. The summed E-state index contributed by atoms with van der Waals surface area (Å²) in [6.45, 7) is 0. The lowest BCUT2D eigenvalue weighted by atomic mass is 10.1. The minimum absolute atomic E-state index is 0.0210. The number of pyridine rings is 1. The van der Waals surface area contributed by atoms with Crippen molar-refractivity contribution in [3.63, 3.8) is 0 Å². The number of carboxylic acids is 1. The molecule has 0 aliphatic rings. The van der Waals surface area contributed by atoms with Gasteiger partial charge in [-0.25, -0.2) is 18.9 Å². The van der Waals surface area contributed by atoms with Crippen LogP contribution in [0.4, 0.5) is 29.2 Å². The fourth-order valence-electron chi connectivity index (χ4n) is 2.97. The summed E-state index contributed by atoms with van der Waals surface area (Å²) in [4.78, 5) is 23.3. The molecule has 0 saturated carbocycles. The molecule has 1 aromatic carbocycles. The first kappa shape index (κ1) is 23.8. The van der Waals surface area contributed by atoms with E-state index in [0.29, 0.717) is 16.8 Å². The van der Waals surface area contributed by atoms with Crippen LogP contribution in [0.2, 0.25) is 5.02 Å². The van der Waals surface area contributed by atoms with Crippen molar-refractivity contribution in [1.29, 1.82) is 0 Å². The molecule has 0 saturated heterocycles. The maximum Gasteiger partial charge on any atom is 0.435 e. The average molecular weight is 505 g/mol. The fourth-order valence-corrected chi connectivity index (χ4v) is 3.15. The monoisotopic (exact) mass is 504 g/mol. The molecule has 0 aliphatic carbocycles. The Kier molecular flexibility index (Phi) is 6.47. The van der Waals surface area contributed by atoms with E-state index in [0.717, 1.165) is 29.1 Å². The number of halogens is 5. The highest BCUT2D eigenvalue weighted by atomic mass is 35.5. The predicted octanol–water partition coefficient (Wildman–Crippen LogP) is 5.38. The zero-order valence-electron chi connectivity index (χ0n) is 17.3. The summed E-state index contributed by atoms with van der Waals surface area (Å²) in [5.41, 5.74) is 0.304. The third-order valence-electron chi connectivity index (χ3n) is 4.53. The minimum atomic E-state index is -4.67. The fraction of sp³-hybridized carbons (Fsp3) is 0.0455. The van der Waals surface area contributed by atoms with Crippen LogP contribution in [0.25, 0.3) is 23.0 Å². The molecule has 0 spiro atoms. The molecule has 35 heavy (non-hydrogen) atoms. The van der Waals surface area contributed by atoms with Crippen LogP contribution in [-0.4, -0.2) is 35.8 Å². The van der Waals surface area contributed by atoms with Crippen LogP contribution in [-0.2, 0) is 11.0 Å². The number of aliphatic carboxylic acids is 1. The summed E-state index contributed by atoms with van der Waals surface area (Å²) in [6, 6.07) is 6.17. The summed E-state index contributed by atoms with van der Waals surface area (Å²) in [5, 5.41) is 15.1. The second-order valence-corrected chi connectivity index (χ2v) is 7.41. The number of aromatic nitrogens is 5. The number of carbonyl (C=O) groups is 1. The van der Waals surface area contributed by atoms with Crippen LogP contribution in [0.15, 0.2) is 61.2 Å². The van der Waals surface area contributed by atoms with E-state index in [9.17, 15) is 22.4 Å². The van der Waals surface area contributed by atoms with Gasteiger partial charge in [0, 0.05) is 47.7 Å². The van der Waals surface area contributed by atoms with Gasteiger partial charge in [0.05, 0.1) is 5.02 Å². The predicted molar refractivity (Wildman–Crippen MR) is 119 cm³/mol. The molecule has 0 fully saturated rings. The second-order valence-electron chi connectivity index (χ2n) is 7.01. The Bertz CT molecular complexity index is 1440. The van der Waals surface area contributed by atoms with E-state index in [1.807, 2.05) is 0 Å². The normalized spacial score (nSPS) is 11.7. The molecule has 0 unspecified atom stereocenters. The Morgan fingerprint density at radius 3 is 2.63 bits per heavy atom. The zero-order chi connectivity index (χ0) is 25.2. The van der Waals surface area contributed by atoms with Gasteiger partial charge in [-0.3, -0.25) is 4.98 Å². The number of hydrogen-bond acceptors (Lipinski definition) is 6. The average Bonchev–Trinajstić information content (AvgIpc) is 3.31. The Morgan fingerprint density at radius 2 is 1.94 bits per heavy atom. The van der Waals surface area contributed by atoms with Crippen molar-refractivity contribution in [2.24, 2.45) is 0 Å². The van der Waals surface area contributed by atoms with E-state index in [1.54, 1.807) is 6.07 Å². The number of alkyl halides is 3. The maximum atomic E-state index is 13.5. The Morgan fingerprint density at radius 1 is 1.14 bits per heavy atom. The highest BCUT2D eigenvalue weighted by molar-refractivity contribution is 6.31. The van der Waals surface area contributed by atoms with Crippen LogP contribution in [0.5, 0.6) is 0 Å². The molecule has 0 bridgehead atoms. The van der Waals surface area contributed by atoms with Crippen molar-refractivity contribution >= 4 is 35.3 Å². The van der Waals surface area contributed by atoms with Gasteiger partial charge in [-0.2, -0.15) is 23.3 Å². The van der Waals surface area contributed by atoms with Crippen molar-refractivity contribution < 1.29 is 27.5 Å². The number of hydrogen-bond donors (Lipinski definition) is 2. The molecule has 3 heterocycles. The number of nitrogens with zero attached hydrogens (tertiary/aromatic N) is 5. The molecule has 13 heteroatoms. The Balaban J connectivity index is 1.80. The topological polar surface area (TPSA) is 106 Å². The van der Waals surface area contributed by atoms with Crippen LogP contribution in [0, 0.1) is 5.82 Å². The van der Waals surface area contributed by atoms with Gasteiger partial charge in [-0.05, 0) is 42.0 Å². The van der Waals surface area contributed by atoms with E-state index in [2.05, 4.69) is 25.4 Å². The van der Waals surface area contributed by atoms with Crippen LogP contribution >= 0.6 is 11.6 Å². The molecule has 3 aromatic heterocycles. The summed E-state index contributed by atoms with van der Waals surface area (Å²) in [6.07, 6.45) is 2.81. The van der Waals surface area contributed by atoms with Gasteiger partial charge in [0.25, 0.3) is 0 Å². The molecule has 0 aliphatic heterocycles. The number of anilines is 2. The van der Waals surface area contributed by atoms with E-state index in [4.69, 9.17) is 16.7 Å². The first-order valence-electron chi connectivity index (χ1n) is 9.69. The lowest BCUT2D eigenvalue weighted by Gasteiger charge is -2.12. The molecule has 4 rings (SSSR count). The van der Waals surface area contributed by atoms with Gasteiger partial charge in [-0.1, -0.05) is 11.6 Å². The first-order chi connectivity index (χ1) is 16.6. The summed E-state index contributed by atoms with van der Waals surface area (Å²) < 4.78 is 53.8. The SMILES string of the molecule is O=C(O)C=Cc1cncc(-c2cnc(Nc3ccc(F)c(Cl)c3)nc2-n2ccc(C(F)(F)F)n2)c1. The molecule has 0 radical (unpaired) electrons. The lowest BCUT2D eigenvalue weighted by molar-refractivity contribution is -0.141. The van der Waals surface area contributed by atoms with Gasteiger partial charge in [0.15, 0.2) is 11.5 Å². The van der Waals surface area contributed by atoms with Gasteiger partial charge in [-0.15, -0.1) is 0 Å². The van der Waals surface area contributed by atoms with Crippen LogP contribution in [0.1, 0.15) is 11.3 Å². The molecule has 8 nitrogen and oxygen atoms in total. The molecular weight excluding hydrogens is 492 g/mol. The summed E-state index contributed by atoms with van der Waals surface area (Å²) in [7, 11) is 0. The summed E-state index contributed by atoms with van der Waals surface area (Å²) >= 11 is 5.79. The minimum Gasteiger partial charge on any atom is -0.478 e. The highest BCUT2D eigenvalue weighted by Crippen LogP contribution is 2.31. The molecular formula is C22H13ClF4N6O2. The second kappa shape index (κ2) is 9.50. The zero-order valence-corrected chi connectivity index (χ0v) is 18.1. The van der Waals surface area contributed by atoms with E-state index in [-0.39, 0.29) is 22.4 Å². The molecule has 2 N–H and O–H groups in total. The number of carboxylic acid groups (broad SMARTS) is 1. The number of nitrogens with one attached hydrogen (secondary N) is 1. The standard InChI is InChI=1S/C22H13ClF4N6O2/c23-16-8-14(2-3-17(16)24)30-21-29-11-15(13-7-12(9-28-10-13)1-4-19(34)35)20(31-21)33-6-5-18(32-33)22(25,26)27/h1-11H,(H,34,35)(H,29,30,31). The van der Waals surface area contributed by atoms with E-state index in [1.165, 1.54) is 36.8 Å².